The van der Waals surface area contributed by atoms with E-state index in [0.29, 0.717) is 0 Å². The quantitative estimate of drug-likeness (QED) is 0.789. The highest BCUT2D eigenvalue weighted by molar-refractivity contribution is 5.46. The monoisotopic (exact) mass is 212 g/mol. The summed E-state index contributed by atoms with van der Waals surface area (Å²) in [6, 6.07) is 3.49. The molecule has 15 heavy (non-hydrogen) atoms. The molecular weight excluding hydrogens is 198 g/mol. The number of rotatable bonds is 2. The molecular formula is C11H14F2N2. The first kappa shape index (κ1) is 10.4. The van der Waals surface area contributed by atoms with Crippen molar-refractivity contribution in [3.8, 4) is 0 Å². The third-order valence-electron chi connectivity index (χ3n) is 2.84. The fourth-order valence-electron chi connectivity index (χ4n) is 1.98. The normalized spacial score (nSPS) is 25.5. The van der Waals surface area contributed by atoms with Crippen LogP contribution in [0.2, 0.25) is 0 Å². The van der Waals surface area contributed by atoms with E-state index in [1.807, 2.05) is 0 Å². The van der Waals surface area contributed by atoms with Crippen LogP contribution < -0.4 is 11.1 Å². The van der Waals surface area contributed by atoms with E-state index in [-0.39, 0.29) is 17.8 Å². The number of anilines is 1. The van der Waals surface area contributed by atoms with Gasteiger partial charge in [0, 0.05) is 12.1 Å². The van der Waals surface area contributed by atoms with E-state index in [4.69, 9.17) is 5.73 Å². The fraction of sp³-hybridized carbons (Fsp3) is 0.455. The van der Waals surface area contributed by atoms with Crippen molar-refractivity contribution in [1.82, 2.24) is 0 Å². The molecule has 0 amide bonds. The van der Waals surface area contributed by atoms with Crippen LogP contribution in [0.25, 0.3) is 0 Å². The maximum atomic E-state index is 13.3. The molecule has 2 rings (SSSR count). The maximum Gasteiger partial charge on any atom is 0.146 e. The van der Waals surface area contributed by atoms with E-state index in [1.165, 1.54) is 6.07 Å². The molecule has 1 aromatic carbocycles. The SMILES string of the molecule is N[C@@H]1CCC[C@@H]1Nc1cc(F)ccc1F. The predicted molar refractivity (Wildman–Crippen MR) is 55.6 cm³/mol. The van der Waals surface area contributed by atoms with Crippen LogP contribution >= 0.6 is 0 Å². The molecule has 0 spiro atoms. The van der Waals surface area contributed by atoms with Gasteiger partial charge in [-0.25, -0.2) is 8.78 Å². The van der Waals surface area contributed by atoms with E-state index < -0.39 is 11.6 Å². The Kier molecular flexibility index (Phi) is 2.86. The smallest absolute Gasteiger partial charge is 0.146 e. The second kappa shape index (κ2) is 4.14. The minimum absolute atomic E-state index is 0.0349. The van der Waals surface area contributed by atoms with Crippen LogP contribution in [0, 0.1) is 11.6 Å². The number of nitrogens with two attached hydrogens (primary N) is 1. The number of halogens is 2. The van der Waals surface area contributed by atoms with Gasteiger partial charge >= 0.3 is 0 Å². The van der Waals surface area contributed by atoms with Gasteiger partial charge in [0.1, 0.15) is 11.6 Å². The van der Waals surface area contributed by atoms with Crippen molar-refractivity contribution in [2.45, 2.75) is 31.3 Å². The Morgan fingerprint density at radius 3 is 2.73 bits per heavy atom. The average Bonchev–Trinajstić information content (AvgIpc) is 2.58. The lowest BCUT2D eigenvalue weighted by molar-refractivity contribution is 0.590. The summed E-state index contributed by atoms with van der Waals surface area (Å²) in [5, 5.41) is 2.96. The third kappa shape index (κ3) is 2.26. The Hall–Kier alpha value is -1.16. The number of nitrogens with one attached hydrogen (secondary N) is 1. The summed E-state index contributed by atoms with van der Waals surface area (Å²) in [5.41, 5.74) is 6.04. The van der Waals surface area contributed by atoms with E-state index in [1.54, 1.807) is 0 Å². The number of benzene rings is 1. The van der Waals surface area contributed by atoms with Crippen LogP contribution in [0.1, 0.15) is 19.3 Å². The van der Waals surface area contributed by atoms with Gasteiger partial charge in [-0.3, -0.25) is 0 Å². The van der Waals surface area contributed by atoms with Gasteiger partial charge in [-0.15, -0.1) is 0 Å². The topological polar surface area (TPSA) is 38.0 Å². The van der Waals surface area contributed by atoms with Gasteiger partial charge in [-0.2, -0.15) is 0 Å². The highest BCUT2D eigenvalue weighted by Gasteiger charge is 2.24. The lowest BCUT2D eigenvalue weighted by atomic mass is 10.1. The van der Waals surface area contributed by atoms with Crippen molar-refractivity contribution in [3.05, 3.63) is 29.8 Å². The lowest BCUT2D eigenvalue weighted by Crippen LogP contribution is -2.35. The van der Waals surface area contributed by atoms with Gasteiger partial charge in [0.25, 0.3) is 0 Å². The summed E-state index contributed by atoms with van der Waals surface area (Å²) in [5.74, 6) is -0.874. The molecule has 0 aliphatic heterocycles. The van der Waals surface area contributed by atoms with E-state index in [2.05, 4.69) is 5.32 Å². The molecule has 0 bridgehead atoms. The second-order valence-corrected chi connectivity index (χ2v) is 3.97. The Morgan fingerprint density at radius 2 is 2.07 bits per heavy atom. The largest absolute Gasteiger partial charge is 0.378 e. The van der Waals surface area contributed by atoms with Crippen molar-refractivity contribution in [1.29, 1.82) is 0 Å². The maximum absolute atomic E-state index is 13.3. The van der Waals surface area contributed by atoms with Crippen molar-refractivity contribution in [2.24, 2.45) is 5.73 Å². The molecule has 1 aliphatic rings. The molecule has 1 aliphatic carbocycles. The Bertz CT molecular complexity index is 354. The molecule has 0 unspecified atom stereocenters. The second-order valence-electron chi connectivity index (χ2n) is 3.97. The molecule has 2 nitrogen and oxygen atoms in total. The van der Waals surface area contributed by atoms with Gasteiger partial charge in [-0.05, 0) is 37.5 Å². The summed E-state index contributed by atoms with van der Waals surface area (Å²) in [7, 11) is 0. The summed E-state index contributed by atoms with van der Waals surface area (Å²) < 4.78 is 26.2. The molecule has 1 aromatic rings. The highest BCUT2D eigenvalue weighted by Crippen LogP contribution is 2.23. The zero-order valence-corrected chi connectivity index (χ0v) is 8.34. The summed E-state index contributed by atoms with van der Waals surface area (Å²) in [6.45, 7) is 0. The molecule has 1 saturated carbocycles. The minimum Gasteiger partial charge on any atom is -0.378 e. The standard InChI is InChI=1S/C11H14F2N2/c12-7-4-5-8(13)11(6-7)15-10-3-1-2-9(10)14/h4-6,9-10,15H,1-3,14H2/t9-,10+/m1/s1. The molecule has 0 aromatic heterocycles. The highest BCUT2D eigenvalue weighted by atomic mass is 19.1. The van der Waals surface area contributed by atoms with Crippen LogP contribution in [0.5, 0.6) is 0 Å². The Morgan fingerprint density at radius 1 is 1.27 bits per heavy atom. The molecule has 4 heteroatoms. The van der Waals surface area contributed by atoms with E-state index in [0.717, 1.165) is 31.4 Å². The van der Waals surface area contributed by atoms with Gasteiger partial charge in [0.15, 0.2) is 0 Å². The van der Waals surface area contributed by atoms with Crippen molar-refractivity contribution in [2.75, 3.05) is 5.32 Å². The van der Waals surface area contributed by atoms with Crippen LogP contribution in [-0.4, -0.2) is 12.1 Å². The molecule has 0 heterocycles. The number of hydrogen-bond acceptors (Lipinski definition) is 2. The number of hydrogen-bond donors (Lipinski definition) is 2. The summed E-state index contributed by atoms with van der Waals surface area (Å²) in [4.78, 5) is 0. The first-order chi connectivity index (χ1) is 7.16. The summed E-state index contributed by atoms with van der Waals surface area (Å²) in [6.07, 6.45) is 2.89. The molecule has 2 atom stereocenters. The third-order valence-corrected chi connectivity index (χ3v) is 2.84. The molecule has 0 radical (unpaired) electrons. The van der Waals surface area contributed by atoms with Crippen molar-refractivity contribution >= 4 is 5.69 Å². The van der Waals surface area contributed by atoms with Crippen molar-refractivity contribution in [3.63, 3.8) is 0 Å². The van der Waals surface area contributed by atoms with E-state index in [9.17, 15) is 8.78 Å². The molecule has 1 fully saturated rings. The van der Waals surface area contributed by atoms with Crippen LogP contribution in [-0.2, 0) is 0 Å². The van der Waals surface area contributed by atoms with Gasteiger partial charge in [0.05, 0.1) is 5.69 Å². The zero-order valence-electron chi connectivity index (χ0n) is 8.34. The van der Waals surface area contributed by atoms with Crippen molar-refractivity contribution < 1.29 is 8.78 Å². The molecule has 3 N–H and O–H groups in total. The fourth-order valence-corrected chi connectivity index (χ4v) is 1.98. The minimum atomic E-state index is -0.439. The van der Waals surface area contributed by atoms with Gasteiger partial charge in [-0.1, -0.05) is 0 Å². The van der Waals surface area contributed by atoms with Gasteiger partial charge in [0.2, 0.25) is 0 Å². The zero-order chi connectivity index (χ0) is 10.8. The lowest BCUT2D eigenvalue weighted by Gasteiger charge is -2.18. The van der Waals surface area contributed by atoms with Crippen LogP contribution in [0.15, 0.2) is 18.2 Å². The Labute approximate surface area is 87.5 Å². The van der Waals surface area contributed by atoms with E-state index >= 15 is 0 Å². The summed E-state index contributed by atoms with van der Waals surface area (Å²) >= 11 is 0. The molecule has 82 valence electrons. The van der Waals surface area contributed by atoms with Gasteiger partial charge < -0.3 is 11.1 Å². The van der Waals surface area contributed by atoms with Crippen LogP contribution in [0.3, 0.4) is 0 Å². The van der Waals surface area contributed by atoms with Crippen LogP contribution in [0.4, 0.5) is 14.5 Å². The molecule has 0 saturated heterocycles. The first-order valence-electron chi connectivity index (χ1n) is 5.14. The average molecular weight is 212 g/mol. The predicted octanol–water partition coefficient (Wildman–Crippen LogP) is 2.26. The Balaban J connectivity index is 2.12. The first-order valence-corrected chi connectivity index (χ1v) is 5.14.